The molecule has 1 heterocycles. The van der Waals surface area contributed by atoms with Gasteiger partial charge in [0.15, 0.2) is 0 Å². The molecule has 4 nitrogen and oxygen atoms in total. The molecule has 0 amide bonds. The van der Waals surface area contributed by atoms with Crippen molar-refractivity contribution in [2.45, 2.75) is 19.6 Å². The van der Waals surface area contributed by atoms with Crippen LogP contribution in [0.5, 0.6) is 11.5 Å². The van der Waals surface area contributed by atoms with Crippen molar-refractivity contribution in [2.24, 2.45) is 5.73 Å². The van der Waals surface area contributed by atoms with Crippen LogP contribution >= 0.6 is 0 Å². The number of nitrogens with two attached hydrogens (primary N) is 1. The number of methoxy groups -OCH3 is 1. The minimum atomic E-state index is -0.385. The maximum absolute atomic E-state index is 13.1. The zero-order chi connectivity index (χ0) is 14.5. The minimum absolute atomic E-state index is 0.165. The van der Waals surface area contributed by atoms with Crippen LogP contribution < -0.4 is 15.2 Å². The molecule has 1 aromatic carbocycles. The van der Waals surface area contributed by atoms with Gasteiger partial charge < -0.3 is 15.2 Å². The number of benzene rings is 1. The van der Waals surface area contributed by atoms with Gasteiger partial charge in [0.05, 0.1) is 13.3 Å². The fourth-order valence-corrected chi connectivity index (χ4v) is 1.84. The monoisotopic (exact) mass is 276 g/mol. The summed E-state index contributed by atoms with van der Waals surface area (Å²) in [7, 11) is 1.58. The fraction of sp³-hybridized carbons (Fsp3) is 0.267. The number of pyridine rings is 1. The maximum atomic E-state index is 13.1. The topological polar surface area (TPSA) is 57.4 Å². The normalized spacial score (nSPS) is 12.0. The van der Waals surface area contributed by atoms with Gasteiger partial charge in [-0.15, -0.1) is 0 Å². The lowest BCUT2D eigenvalue weighted by Crippen LogP contribution is -2.08. The lowest BCUT2D eigenvalue weighted by atomic mass is 10.1. The third-order valence-electron chi connectivity index (χ3n) is 2.87. The summed E-state index contributed by atoms with van der Waals surface area (Å²) in [4.78, 5) is 3.78. The molecule has 2 rings (SSSR count). The van der Waals surface area contributed by atoms with Crippen LogP contribution in [0.3, 0.4) is 0 Å². The summed E-state index contributed by atoms with van der Waals surface area (Å²) < 4.78 is 23.9. The molecule has 2 aromatic rings. The summed E-state index contributed by atoms with van der Waals surface area (Å²) in [6, 6.07) is 6.68. The smallest absolute Gasteiger partial charge is 0.141 e. The van der Waals surface area contributed by atoms with Crippen LogP contribution in [0.15, 0.2) is 36.7 Å². The molecular weight excluding hydrogens is 259 g/mol. The van der Waals surface area contributed by atoms with E-state index in [1.54, 1.807) is 19.4 Å². The molecule has 0 unspecified atom stereocenters. The predicted octanol–water partition coefficient (Wildman–Crippen LogP) is 2.83. The van der Waals surface area contributed by atoms with Crippen LogP contribution in [-0.2, 0) is 6.61 Å². The van der Waals surface area contributed by atoms with E-state index >= 15 is 0 Å². The number of nitrogens with zero attached hydrogens (tertiary/aromatic N) is 1. The Morgan fingerprint density at radius 1 is 1.30 bits per heavy atom. The number of hydrogen-bond acceptors (Lipinski definition) is 4. The summed E-state index contributed by atoms with van der Waals surface area (Å²) in [5.41, 5.74) is 7.43. The Kier molecular flexibility index (Phi) is 4.53. The Morgan fingerprint density at radius 3 is 2.75 bits per heavy atom. The van der Waals surface area contributed by atoms with Crippen LogP contribution in [0.25, 0.3) is 0 Å². The average Bonchev–Trinajstić information content (AvgIpc) is 2.44. The first-order valence-corrected chi connectivity index (χ1v) is 6.26. The molecule has 0 bridgehead atoms. The number of aromatic nitrogens is 1. The van der Waals surface area contributed by atoms with E-state index in [1.165, 1.54) is 6.07 Å². The van der Waals surface area contributed by atoms with Crippen molar-refractivity contribution in [3.63, 3.8) is 0 Å². The van der Waals surface area contributed by atoms with Crippen molar-refractivity contribution in [1.29, 1.82) is 0 Å². The van der Waals surface area contributed by atoms with Gasteiger partial charge in [-0.1, -0.05) is 6.07 Å². The Bertz CT molecular complexity index is 588. The van der Waals surface area contributed by atoms with E-state index in [0.29, 0.717) is 17.1 Å². The first kappa shape index (κ1) is 14.3. The summed E-state index contributed by atoms with van der Waals surface area (Å²) in [6.45, 7) is 2.09. The van der Waals surface area contributed by atoms with Crippen molar-refractivity contribution in [3.8, 4) is 11.5 Å². The third kappa shape index (κ3) is 3.45. The molecule has 106 valence electrons. The van der Waals surface area contributed by atoms with Gasteiger partial charge in [0.25, 0.3) is 0 Å². The van der Waals surface area contributed by atoms with Gasteiger partial charge >= 0.3 is 0 Å². The first-order chi connectivity index (χ1) is 9.60. The molecule has 0 radical (unpaired) electrons. The van der Waals surface area contributed by atoms with E-state index in [9.17, 15) is 4.39 Å². The molecular formula is C15H17FN2O2. The molecule has 0 aliphatic heterocycles. The van der Waals surface area contributed by atoms with Crippen LogP contribution in [0.1, 0.15) is 24.1 Å². The van der Waals surface area contributed by atoms with Gasteiger partial charge in [0, 0.05) is 29.4 Å². The van der Waals surface area contributed by atoms with E-state index in [-0.39, 0.29) is 18.5 Å². The van der Waals surface area contributed by atoms with E-state index in [0.717, 1.165) is 11.8 Å². The van der Waals surface area contributed by atoms with Crippen molar-refractivity contribution < 1.29 is 13.9 Å². The van der Waals surface area contributed by atoms with Crippen molar-refractivity contribution >= 4 is 0 Å². The van der Waals surface area contributed by atoms with Crippen molar-refractivity contribution in [3.05, 3.63) is 53.6 Å². The highest BCUT2D eigenvalue weighted by atomic mass is 19.1. The molecule has 0 aliphatic rings. The molecule has 0 saturated carbocycles. The van der Waals surface area contributed by atoms with E-state index in [2.05, 4.69) is 4.98 Å². The highest BCUT2D eigenvalue weighted by molar-refractivity contribution is 5.42. The lowest BCUT2D eigenvalue weighted by molar-refractivity contribution is 0.298. The SMILES string of the molecule is COc1ccc([C@H](C)N)c(OCc2cncc(F)c2)c1. The summed E-state index contributed by atoms with van der Waals surface area (Å²) in [5.74, 6) is 0.925. The van der Waals surface area contributed by atoms with Crippen LogP contribution in [-0.4, -0.2) is 12.1 Å². The largest absolute Gasteiger partial charge is 0.497 e. The van der Waals surface area contributed by atoms with Gasteiger partial charge in [-0.05, 0) is 19.1 Å². The average molecular weight is 276 g/mol. The molecule has 1 atom stereocenters. The quantitative estimate of drug-likeness (QED) is 0.912. The van der Waals surface area contributed by atoms with Crippen LogP contribution in [0.4, 0.5) is 4.39 Å². The summed E-state index contributed by atoms with van der Waals surface area (Å²) in [6.07, 6.45) is 2.72. The van der Waals surface area contributed by atoms with E-state index in [4.69, 9.17) is 15.2 Å². The zero-order valence-electron chi connectivity index (χ0n) is 11.5. The molecule has 0 saturated heterocycles. The number of halogens is 1. The highest BCUT2D eigenvalue weighted by Gasteiger charge is 2.10. The molecule has 0 spiro atoms. The minimum Gasteiger partial charge on any atom is -0.497 e. The lowest BCUT2D eigenvalue weighted by Gasteiger charge is -2.15. The van der Waals surface area contributed by atoms with Gasteiger partial charge in [0.1, 0.15) is 23.9 Å². The van der Waals surface area contributed by atoms with Gasteiger partial charge in [-0.25, -0.2) is 4.39 Å². The number of rotatable bonds is 5. The number of hydrogen-bond donors (Lipinski definition) is 1. The van der Waals surface area contributed by atoms with Crippen LogP contribution in [0.2, 0.25) is 0 Å². The molecule has 0 fully saturated rings. The van der Waals surface area contributed by atoms with Crippen LogP contribution in [0, 0.1) is 5.82 Å². The molecule has 1 aromatic heterocycles. The van der Waals surface area contributed by atoms with Gasteiger partial charge in [0.2, 0.25) is 0 Å². The maximum Gasteiger partial charge on any atom is 0.141 e. The molecule has 20 heavy (non-hydrogen) atoms. The summed E-state index contributed by atoms with van der Waals surface area (Å²) in [5, 5.41) is 0. The standard InChI is InChI=1S/C15H17FN2O2/c1-10(17)14-4-3-13(19-2)6-15(14)20-9-11-5-12(16)8-18-7-11/h3-8,10H,9,17H2,1-2H3/t10-/m0/s1. The van der Waals surface area contributed by atoms with E-state index in [1.807, 2.05) is 19.1 Å². The predicted molar refractivity (Wildman–Crippen MR) is 74.1 cm³/mol. The Hall–Kier alpha value is -2.14. The molecule has 0 aliphatic carbocycles. The summed E-state index contributed by atoms with van der Waals surface area (Å²) >= 11 is 0. The molecule has 2 N–H and O–H groups in total. The fourth-order valence-electron chi connectivity index (χ4n) is 1.84. The van der Waals surface area contributed by atoms with Gasteiger partial charge in [-0.2, -0.15) is 0 Å². The third-order valence-corrected chi connectivity index (χ3v) is 2.87. The second-order valence-electron chi connectivity index (χ2n) is 4.49. The Morgan fingerprint density at radius 2 is 2.10 bits per heavy atom. The highest BCUT2D eigenvalue weighted by Crippen LogP contribution is 2.29. The zero-order valence-corrected chi connectivity index (χ0v) is 11.5. The molecule has 5 heteroatoms. The van der Waals surface area contributed by atoms with E-state index < -0.39 is 0 Å². The Balaban J connectivity index is 2.19. The van der Waals surface area contributed by atoms with Crippen molar-refractivity contribution in [1.82, 2.24) is 4.98 Å². The first-order valence-electron chi connectivity index (χ1n) is 6.26. The second-order valence-corrected chi connectivity index (χ2v) is 4.49. The van der Waals surface area contributed by atoms with Gasteiger partial charge in [-0.3, -0.25) is 4.98 Å². The second kappa shape index (κ2) is 6.34. The Labute approximate surface area is 117 Å². The number of ether oxygens (including phenoxy) is 2. The van der Waals surface area contributed by atoms with Crippen molar-refractivity contribution in [2.75, 3.05) is 7.11 Å².